The number of carbonyl (C=O) groups excluding carboxylic acids is 2. The fraction of sp³-hybridized carbons (Fsp3) is 0.528. The summed E-state index contributed by atoms with van der Waals surface area (Å²) in [4.78, 5) is 30.7. The molecule has 2 aliphatic rings. The second-order valence-electron chi connectivity index (χ2n) is 14.7. The lowest BCUT2D eigenvalue weighted by Crippen LogP contribution is -2.59. The van der Waals surface area contributed by atoms with E-state index in [0.29, 0.717) is 47.2 Å². The molecule has 13 nitrogen and oxygen atoms in total. The number of rotatable bonds is 7. The van der Waals surface area contributed by atoms with Gasteiger partial charge < -0.3 is 24.8 Å². The molecule has 1 aromatic carbocycles. The zero-order valence-corrected chi connectivity index (χ0v) is 29.1. The summed E-state index contributed by atoms with van der Waals surface area (Å²) in [5, 5.41) is 33.3. The van der Waals surface area contributed by atoms with E-state index in [1.165, 1.54) is 10.7 Å². The molecule has 3 aromatic heterocycles. The van der Waals surface area contributed by atoms with Gasteiger partial charge in [0.2, 0.25) is 0 Å². The van der Waals surface area contributed by atoms with Crippen molar-refractivity contribution < 1.29 is 24.2 Å². The highest BCUT2D eigenvalue weighted by Crippen LogP contribution is 2.36. The maximum Gasteiger partial charge on any atom is 0.410 e. The molecule has 4 aromatic rings. The minimum atomic E-state index is -1.24. The van der Waals surface area contributed by atoms with E-state index >= 15 is 0 Å². The van der Waals surface area contributed by atoms with Crippen LogP contribution >= 0.6 is 0 Å². The average molecular weight is 671 g/mol. The van der Waals surface area contributed by atoms with Crippen LogP contribution in [0.5, 0.6) is 0 Å². The fourth-order valence-electron chi connectivity index (χ4n) is 7.10. The highest BCUT2D eigenvalue weighted by atomic mass is 16.6. The monoisotopic (exact) mass is 670 g/mol. The molecule has 13 heteroatoms. The Morgan fingerprint density at radius 2 is 1.80 bits per heavy atom. The molecule has 2 amide bonds. The summed E-state index contributed by atoms with van der Waals surface area (Å²) in [7, 11) is 1.67. The number of anilines is 1. The number of aromatic nitrogens is 4. The van der Waals surface area contributed by atoms with Gasteiger partial charge in [0.25, 0.3) is 5.91 Å². The Balaban J connectivity index is 1.15. The SMILES string of the molecule is COC[C@H]1CN(C2CCC(n3cc4cc(NC(=O)c5ccc6cc(C#N)cnn56)c(C(C)(C)O)cc4n3)CC2)CCN1C(=O)OC(C)(C)C. The topological polar surface area (TPSA) is 150 Å². The minimum absolute atomic E-state index is 0.0634. The Morgan fingerprint density at radius 1 is 1.06 bits per heavy atom. The van der Waals surface area contributed by atoms with Crippen LogP contribution in [0.1, 0.15) is 88.0 Å². The Kier molecular flexibility index (Phi) is 9.41. The number of nitriles is 1. The Hall–Kier alpha value is -4.51. The number of nitrogens with zero attached hydrogens (tertiary/aromatic N) is 7. The van der Waals surface area contributed by atoms with Gasteiger partial charge in [-0.05, 0) is 90.6 Å². The smallest absolute Gasteiger partial charge is 0.410 e. The second kappa shape index (κ2) is 13.4. The molecule has 1 saturated carbocycles. The predicted molar refractivity (Wildman–Crippen MR) is 184 cm³/mol. The summed E-state index contributed by atoms with van der Waals surface area (Å²) in [6.07, 6.45) is 7.11. The standard InChI is InChI=1S/C36H46N8O5/c1-35(2,3)49-34(46)42-14-13-41(21-28(42)22-48-6)25-7-9-26(10-8-25)43-20-24-16-31(29(36(4,5)47)17-30(24)40-43)39-33(45)32-12-11-27-15-23(18-37)19-38-44(27)32/h11-12,15-17,19-20,25-26,28,47H,7-10,13-14,21-22H2,1-6H3,(H,39,45)/t25?,26?,28-/m1/s1. The summed E-state index contributed by atoms with van der Waals surface area (Å²) in [6, 6.07) is 11.4. The third-order valence-electron chi connectivity index (χ3n) is 9.49. The second-order valence-corrected chi connectivity index (χ2v) is 14.7. The lowest BCUT2D eigenvalue weighted by Gasteiger charge is -2.45. The molecule has 2 N–H and O–H groups in total. The van der Waals surface area contributed by atoms with Crippen LogP contribution in [0.25, 0.3) is 16.4 Å². The quantitative estimate of drug-likeness (QED) is 0.274. The van der Waals surface area contributed by atoms with Crippen molar-refractivity contribution in [2.24, 2.45) is 0 Å². The molecule has 0 unspecified atom stereocenters. The number of amides is 2. The summed E-state index contributed by atoms with van der Waals surface area (Å²) >= 11 is 0. The lowest BCUT2D eigenvalue weighted by molar-refractivity contribution is -0.0270. The van der Waals surface area contributed by atoms with E-state index in [0.717, 1.165) is 49.7 Å². The minimum Gasteiger partial charge on any atom is -0.444 e. The molecule has 49 heavy (non-hydrogen) atoms. The maximum atomic E-state index is 13.5. The number of hydrogen-bond donors (Lipinski definition) is 2. The molecular formula is C36H46N8O5. The van der Waals surface area contributed by atoms with Gasteiger partial charge in [0.15, 0.2) is 0 Å². The fourth-order valence-corrected chi connectivity index (χ4v) is 7.10. The van der Waals surface area contributed by atoms with Crippen molar-refractivity contribution in [3.63, 3.8) is 0 Å². The molecule has 1 aliphatic carbocycles. The van der Waals surface area contributed by atoms with Crippen molar-refractivity contribution in [2.45, 2.75) is 89.6 Å². The van der Waals surface area contributed by atoms with Gasteiger partial charge in [-0.15, -0.1) is 0 Å². The number of ether oxygens (including phenoxy) is 2. The zero-order chi connectivity index (χ0) is 35.1. The van der Waals surface area contributed by atoms with Crippen molar-refractivity contribution in [2.75, 3.05) is 38.7 Å². The van der Waals surface area contributed by atoms with Crippen molar-refractivity contribution in [1.82, 2.24) is 29.2 Å². The van der Waals surface area contributed by atoms with E-state index in [4.69, 9.17) is 14.6 Å². The largest absolute Gasteiger partial charge is 0.444 e. The van der Waals surface area contributed by atoms with Crippen LogP contribution in [-0.4, -0.2) is 97.3 Å². The molecule has 260 valence electrons. The van der Waals surface area contributed by atoms with Crippen molar-refractivity contribution >= 4 is 34.1 Å². The zero-order valence-electron chi connectivity index (χ0n) is 29.1. The van der Waals surface area contributed by atoms with Crippen molar-refractivity contribution in [3.05, 3.63) is 59.5 Å². The molecule has 1 saturated heterocycles. The van der Waals surface area contributed by atoms with Crippen LogP contribution in [0.3, 0.4) is 0 Å². The molecule has 1 aliphatic heterocycles. The van der Waals surface area contributed by atoms with Gasteiger partial charge in [0, 0.05) is 55.6 Å². The van der Waals surface area contributed by atoms with Gasteiger partial charge >= 0.3 is 6.09 Å². The highest BCUT2D eigenvalue weighted by molar-refractivity contribution is 6.05. The Labute approximate surface area is 286 Å². The third kappa shape index (κ3) is 7.41. The number of methoxy groups -OCH3 is 1. The number of benzene rings is 1. The van der Waals surface area contributed by atoms with Gasteiger partial charge in [0.1, 0.15) is 17.4 Å². The molecule has 0 spiro atoms. The first-order valence-electron chi connectivity index (χ1n) is 16.9. The molecule has 0 bridgehead atoms. The third-order valence-corrected chi connectivity index (χ3v) is 9.49. The summed E-state index contributed by atoms with van der Waals surface area (Å²) < 4.78 is 14.7. The van der Waals surface area contributed by atoms with Crippen molar-refractivity contribution in [1.29, 1.82) is 5.26 Å². The predicted octanol–water partition coefficient (Wildman–Crippen LogP) is 5.09. The normalized spacial score (nSPS) is 20.8. The lowest BCUT2D eigenvalue weighted by atomic mass is 9.89. The van der Waals surface area contributed by atoms with Crippen LogP contribution in [-0.2, 0) is 15.1 Å². The van der Waals surface area contributed by atoms with E-state index in [1.54, 1.807) is 39.2 Å². The molecule has 6 rings (SSSR count). The number of hydrogen-bond acceptors (Lipinski definition) is 9. The molecule has 1 atom stereocenters. The van der Waals surface area contributed by atoms with Gasteiger partial charge in [0.05, 0.1) is 47.1 Å². The maximum absolute atomic E-state index is 13.5. The number of carbonyl (C=O) groups is 2. The van der Waals surface area contributed by atoms with Crippen LogP contribution in [0.2, 0.25) is 0 Å². The van der Waals surface area contributed by atoms with E-state index in [2.05, 4.69) is 21.4 Å². The van der Waals surface area contributed by atoms with Gasteiger partial charge in [-0.1, -0.05) is 0 Å². The Bertz CT molecular complexity index is 1890. The average Bonchev–Trinajstić information content (AvgIpc) is 3.67. The van der Waals surface area contributed by atoms with E-state index in [1.807, 2.05) is 48.7 Å². The van der Waals surface area contributed by atoms with Crippen LogP contribution in [0, 0.1) is 11.3 Å². The first kappa shape index (κ1) is 34.4. The number of nitrogens with one attached hydrogen (secondary N) is 1. The van der Waals surface area contributed by atoms with E-state index < -0.39 is 11.2 Å². The van der Waals surface area contributed by atoms with Crippen LogP contribution < -0.4 is 5.32 Å². The van der Waals surface area contributed by atoms with E-state index in [9.17, 15) is 20.0 Å². The highest BCUT2D eigenvalue weighted by Gasteiger charge is 2.37. The van der Waals surface area contributed by atoms with Gasteiger partial charge in [-0.3, -0.25) is 14.4 Å². The summed E-state index contributed by atoms with van der Waals surface area (Å²) in [5.41, 5.74) is 1.36. The number of fused-ring (bicyclic) bond motifs is 2. The first-order chi connectivity index (χ1) is 23.2. The van der Waals surface area contributed by atoms with Crippen LogP contribution in [0.15, 0.2) is 42.7 Å². The van der Waals surface area contributed by atoms with Crippen molar-refractivity contribution in [3.8, 4) is 6.07 Å². The van der Waals surface area contributed by atoms with Crippen LogP contribution in [0.4, 0.5) is 10.5 Å². The number of aliphatic hydroxyl groups is 1. The molecule has 0 radical (unpaired) electrons. The molecule has 4 heterocycles. The van der Waals surface area contributed by atoms with Gasteiger partial charge in [-0.25, -0.2) is 9.31 Å². The first-order valence-corrected chi connectivity index (χ1v) is 16.9. The summed E-state index contributed by atoms with van der Waals surface area (Å²) in [6.45, 7) is 11.6. The van der Waals surface area contributed by atoms with E-state index in [-0.39, 0.29) is 24.1 Å². The molecule has 2 fully saturated rings. The Morgan fingerprint density at radius 3 is 2.47 bits per heavy atom. The molecular weight excluding hydrogens is 624 g/mol. The van der Waals surface area contributed by atoms with Gasteiger partial charge in [-0.2, -0.15) is 15.5 Å². The number of piperazine rings is 1. The summed E-state index contributed by atoms with van der Waals surface area (Å²) in [5.74, 6) is -0.382.